The molecule has 24 heteroatoms. The first-order valence-corrected chi connectivity index (χ1v) is 23.2. The summed E-state index contributed by atoms with van der Waals surface area (Å²) >= 11 is 12.2. The third-order valence-corrected chi connectivity index (χ3v) is 11.7. The van der Waals surface area contributed by atoms with Crippen LogP contribution in [0, 0.1) is 22.7 Å². The van der Waals surface area contributed by atoms with Gasteiger partial charge in [0.2, 0.25) is 41.4 Å². The van der Waals surface area contributed by atoms with Gasteiger partial charge >= 0.3 is 5.97 Å². The summed E-state index contributed by atoms with van der Waals surface area (Å²) in [5.41, 5.74) is 16.7. The van der Waals surface area contributed by atoms with Crippen molar-refractivity contribution in [1.29, 1.82) is 10.8 Å². The van der Waals surface area contributed by atoms with Crippen molar-refractivity contribution in [3.63, 3.8) is 0 Å². The molecule has 0 aromatic heterocycles. The zero-order valence-electron chi connectivity index (χ0n) is 38.4. The predicted molar refractivity (Wildman–Crippen MR) is 252 cm³/mol. The minimum Gasteiger partial charge on any atom is -0.480 e. The monoisotopic (exact) mass is 981 g/mol. The molecule has 1 aliphatic carbocycles. The minimum absolute atomic E-state index is 0.00606. The Morgan fingerprint density at radius 1 is 0.657 bits per heavy atom. The Morgan fingerprint density at radius 2 is 1.12 bits per heavy atom. The van der Waals surface area contributed by atoms with E-state index in [-0.39, 0.29) is 98.3 Å². The van der Waals surface area contributed by atoms with Gasteiger partial charge < -0.3 is 64.8 Å². The number of hydrogen-bond donors (Lipinski definition) is 14. The second kappa shape index (κ2) is 29.7. The Hall–Kier alpha value is -5.90. The van der Waals surface area contributed by atoms with Crippen molar-refractivity contribution in [2.24, 2.45) is 29.0 Å². The number of nitrogens with two attached hydrogens (primary N) is 3. The van der Waals surface area contributed by atoms with Crippen molar-refractivity contribution in [3.05, 3.63) is 33.8 Å². The predicted octanol–water partition coefficient (Wildman–Crippen LogP) is 0.358. The molecule has 1 saturated carbocycles. The van der Waals surface area contributed by atoms with Crippen LogP contribution in [0.2, 0.25) is 10.0 Å². The van der Waals surface area contributed by atoms with E-state index in [1.165, 1.54) is 19.1 Å². The lowest BCUT2D eigenvalue weighted by molar-refractivity contribution is -0.142. The van der Waals surface area contributed by atoms with E-state index < -0.39 is 83.6 Å². The van der Waals surface area contributed by atoms with Crippen LogP contribution in [0.25, 0.3) is 0 Å². The average Bonchev–Trinajstić information content (AvgIpc) is 3.24. The normalized spacial score (nSPS) is 15.3. The maximum absolute atomic E-state index is 14.4. The number of rotatable bonds is 29. The van der Waals surface area contributed by atoms with Crippen LogP contribution in [-0.2, 0) is 44.8 Å². The number of aliphatic carboxylic acids is 1. The SMILES string of the molecule is CC(=O)N[C@@H](CCCNC(=N)N)C(=O)NC(CCC(N)=O)C(=O)N[C@@H](CC1CCCCC1)C(=O)NC(CCCNC(=N)N)C(=O)N[C@@H](CC(C)C)C(=O)N[C@@H](Cc1ccc(Cl)c(Cl)c1)C(=O)O. The van der Waals surface area contributed by atoms with Crippen LogP contribution in [0.15, 0.2) is 18.2 Å². The number of carbonyl (C=O) groups is 8. The number of carbonyl (C=O) groups excluding carboxylic acids is 7. The highest BCUT2D eigenvalue weighted by Gasteiger charge is 2.35. The van der Waals surface area contributed by atoms with Gasteiger partial charge in [0.15, 0.2) is 11.9 Å². The second-order valence-electron chi connectivity index (χ2n) is 17.2. The summed E-state index contributed by atoms with van der Waals surface area (Å²) in [6, 6.07) is -3.21. The van der Waals surface area contributed by atoms with E-state index in [1.807, 2.05) is 0 Å². The van der Waals surface area contributed by atoms with Gasteiger partial charge in [0.05, 0.1) is 10.0 Å². The Labute approximate surface area is 400 Å². The maximum atomic E-state index is 14.4. The number of carboxylic acids is 1. The fourth-order valence-corrected chi connectivity index (χ4v) is 7.87. The Kier molecular flexibility index (Phi) is 25.4. The molecule has 0 spiro atoms. The molecule has 0 saturated heterocycles. The molecule has 1 aliphatic rings. The zero-order chi connectivity index (χ0) is 50.2. The first-order valence-electron chi connectivity index (χ1n) is 22.5. The van der Waals surface area contributed by atoms with Crippen LogP contribution in [0.3, 0.4) is 0 Å². The summed E-state index contributed by atoms with van der Waals surface area (Å²) < 4.78 is 0. The van der Waals surface area contributed by atoms with Gasteiger partial charge in [0.25, 0.3) is 0 Å². The molecule has 0 radical (unpaired) electrons. The number of amides is 7. The van der Waals surface area contributed by atoms with E-state index in [0.29, 0.717) is 12.0 Å². The number of halogens is 2. The molecule has 374 valence electrons. The van der Waals surface area contributed by atoms with E-state index in [4.69, 9.17) is 51.2 Å². The molecule has 1 aromatic rings. The van der Waals surface area contributed by atoms with Crippen molar-refractivity contribution in [2.75, 3.05) is 13.1 Å². The van der Waals surface area contributed by atoms with Gasteiger partial charge in [-0.25, -0.2) is 4.79 Å². The molecule has 6 atom stereocenters. The summed E-state index contributed by atoms with van der Waals surface area (Å²) in [5, 5.41) is 46.4. The van der Waals surface area contributed by atoms with Gasteiger partial charge in [0.1, 0.15) is 36.3 Å². The van der Waals surface area contributed by atoms with Crippen LogP contribution in [0.4, 0.5) is 0 Å². The molecule has 22 nitrogen and oxygen atoms in total. The van der Waals surface area contributed by atoms with E-state index in [0.717, 1.165) is 32.1 Å². The van der Waals surface area contributed by atoms with Crippen LogP contribution >= 0.6 is 23.2 Å². The highest BCUT2D eigenvalue weighted by Crippen LogP contribution is 2.28. The molecule has 1 aromatic carbocycles. The molecule has 2 unspecified atom stereocenters. The number of guanidine groups is 2. The second-order valence-corrected chi connectivity index (χ2v) is 18.0. The van der Waals surface area contributed by atoms with Crippen LogP contribution in [0.1, 0.15) is 110 Å². The lowest BCUT2D eigenvalue weighted by atomic mass is 9.84. The van der Waals surface area contributed by atoms with Gasteiger partial charge in [-0.3, -0.25) is 44.4 Å². The average molecular weight is 983 g/mol. The zero-order valence-corrected chi connectivity index (χ0v) is 39.9. The molecular formula is C43H69Cl2N13O9. The van der Waals surface area contributed by atoms with Crippen LogP contribution < -0.4 is 59.7 Å². The number of hydrogen-bond acceptors (Lipinski definition) is 10. The molecule has 17 N–H and O–H groups in total. The Morgan fingerprint density at radius 3 is 1.60 bits per heavy atom. The van der Waals surface area contributed by atoms with Gasteiger partial charge in [-0.15, -0.1) is 0 Å². The van der Waals surface area contributed by atoms with Crippen molar-refractivity contribution in [2.45, 2.75) is 147 Å². The van der Waals surface area contributed by atoms with E-state index >= 15 is 0 Å². The number of nitrogens with one attached hydrogen (secondary N) is 10. The van der Waals surface area contributed by atoms with Crippen molar-refractivity contribution in [1.82, 2.24) is 42.5 Å². The lowest BCUT2D eigenvalue weighted by Gasteiger charge is -2.30. The lowest BCUT2D eigenvalue weighted by Crippen LogP contribution is -2.60. The first kappa shape index (κ1) is 57.2. The van der Waals surface area contributed by atoms with Crippen molar-refractivity contribution >= 4 is 82.4 Å². The van der Waals surface area contributed by atoms with Gasteiger partial charge in [0, 0.05) is 32.9 Å². The fraction of sp³-hybridized carbons (Fsp3) is 0.628. The summed E-state index contributed by atoms with van der Waals surface area (Å²) in [5.74, 6) is -7.35. The van der Waals surface area contributed by atoms with Gasteiger partial charge in [-0.2, -0.15) is 0 Å². The van der Waals surface area contributed by atoms with Crippen molar-refractivity contribution in [3.8, 4) is 0 Å². The first-order chi connectivity index (χ1) is 31.6. The van der Waals surface area contributed by atoms with E-state index in [1.54, 1.807) is 19.9 Å². The molecular weight excluding hydrogens is 913 g/mol. The molecule has 7 amide bonds. The molecule has 0 heterocycles. The molecule has 2 rings (SSSR count). The van der Waals surface area contributed by atoms with E-state index in [9.17, 15) is 43.5 Å². The highest BCUT2D eigenvalue weighted by molar-refractivity contribution is 6.42. The number of carboxylic acid groups (broad SMARTS) is 1. The smallest absolute Gasteiger partial charge is 0.326 e. The molecule has 1 fully saturated rings. The topological polar surface area (TPSA) is 379 Å². The number of primary amides is 1. The summed E-state index contributed by atoms with van der Waals surface area (Å²) in [7, 11) is 0. The Balaban J connectivity index is 2.44. The van der Waals surface area contributed by atoms with E-state index in [2.05, 4.69) is 42.5 Å². The standard InChI is InChI=1S/C43H69Cl2N13O9/c1-23(2)19-32(39(64)58-34(41(66)67)22-26-13-14-27(44)28(45)20-26)56-37(62)30(12-8-18-52-43(49)50)54-40(65)33(21-25-9-5-4-6-10-25)57-38(63)31(15-16-35(46)60)55-36(61)29(53-24(3)59)11-7-17-51-42(47)48/h13-14,20,23,25,29-34H,4-12,15-19,21-22H2,1-3H3,(H2,46,60)(H,53,59)(H,54,65)(H,55,61)(H,56,62)(H,57,63)(H,58,64)(H,66,67)(H4,47,48,51)(H4,49,50,52)/t29-,30?,31?,32-,33-,34-/m0/s1. The fourth-order valence-electron chi connectivity index (χ4n) is 7.55. The maximum Gasteiger partial charge on any atom is 0.326 e. The van der Waals surface area contributed by atoms with Crippen molar-refractivity contribution < 1.29 is 43.5 Å². The third kappa shape index (κ3) is 22.9. The Bertz CT molecular complexity index is 1900. The molecule has 0 bridgehead atoms. The quantitative estimate of drug-likeness (QED) is 0.0293. The number of benzene rings is 1. The third-order valence-electron chi connectivity index (χ3n) is 10.9. The van der Waals surface area contributed by atoms with Gasteiger partial charge in [-0.1, -0.05) is 75.2 Å². The molecule has 67 heavy (non-hydrogen) atoms. The summed E-state index contributed by atoms with van der Waals surface area (Å²) in [6.07, 6.45) is 4.34. The summed E-state index contributed by atoms with van der Waals surface area (Å²) in [4.78, 5) is 106. The largest absolute Gasteiger partial charge is 0.480 e. The minimum atomic E-state index is -1.42. The van der Waals surface area contributed by atoms with Crippen LogP contribution in [-0.4, -0.2) is 114 Å². The van der Waals surface area contributed by atoms with Gasteiger partial charge in [-0.05, 0) is 74.5 Å². The van der Waals surface area contributed by atoms with Crippen LogP contribution in [0.5, 0.6) is 0 Å². The summed E-state index contributed by atoms with van der Waals surface area (Å²) in [6.45, 7) is 5.16. The highest BCUT2D eigenvalue weighted by atomic mass is 35.5. The molecule has 0 aliphatic heterocycles.